The quantitative estimate of drug-likeness (QED) is 0.537. The standard InChI is InChI=1S/C12H22O2/c1-2-3-8-12(10-13)9-6-4-5-7-11(12)14/h2,11,13-14H,1,3-10H2/t11-,12-/m0/s1. The van der Waals surface area contributed by atoms with Crippen molar-refractivity contribution in [2.75, 3.05) is 6.61 Å². The third kappa shape index (κ3) is 2.58. The van der Waals surface area contributed by atoms with Crippen molar-refractivity contribution in [2.24, 2.45) is 5.41 Å². The van der Waals surface area contributed by atoms with Crippen LogP contribution in [0.4, 0.5) is 0 Å². The van der Waals surface area contributed by atoms with E-state index in [0.717, 1.165) is 38.5 Å². The first kappa shape index (κ1) is 11.7. The largest absolute Gasteiger partial charge is 0.396 e. The molecule has 0 bridgehead atoms. The van der Waals surface area contributed by atoms with Gasteiger partial charge in [0.15, 0.2) is 0 Å². The van der Waals surface area contributed by atoms with Crippen molar-refractivity contribution in [3.8, 4) is 0 Å². The number of aliphatic hydroxyl groups excluding tert-OH is 2. The van der Waals surface area contributed by atoms with Gasteiger partial charge in [-0.3, -0.25) is 0 Å². The van der Waals surface area contributed by atoms with Gasteiger partial charge in [0.25, 0.3) is 0 Å². The van der Waals surface area contributed by atoms with Crippen molar-refractivity contribution in [2.45, 2.75) is 51.0 Å². The zero-order valence-corrected chi connectivity index (χ0v) is 8.91. The number of hydrogen-bond acceptors (Lipinski definition) is 2. The molecule has 0 spiro atoms. The highest BCUT2D eigenvalue weighted by Crippen LogP contribution is 2.38. The van der Waals surface area contributed by atoms with Crippen LogP contribution in [0.1, 0.15) is 44.9 Å². The van der Waals surface area contributed by atoms with Crippen LogP contribution in [-0.2, 0) is 0 Å². The van der Waals surface area contributed by atoms with E-state index in [1.165, 1.54) is 6.42 Å². The normalized spacial score (nSPS) is 33.7. The fourth-order valence-corrected chi connectivity index (χ4v) is 2.41. The summed E-state index contributed by atoms with van der Waals surface area (Å²) >= 11 is 0. The van der Waals surface area contributed by atoms with E-state index in [2.05, 4.69) is 6.58 Å². The van der Waals surface area contributed by atoms with Crippen molar-refractivity contribution >= 4 is 0 Å². The number of rotatable bonds is 4. The molecule has 1 saturated carbocycles. The third-order valence-electron chi connectivity index (χ3n) is 3.52. The van der Waals surface area contributed by atoms with Gasteiger partial charge < -0.3 is 10.2 Å². The maximum atomic E-state index is 10.0. The lowest BCUT2D eigenvalue weighted by atomic mass is 9.75. The number of allylic oxidation sites excluding steroid dienone is 1. The Balaban J connectivity index is 2.65. The van der Waals surface area contributed by atoms with Gasteiger partial charge in [-0.2, -0.15) is 0 Å². The zero-order chi connectivity index (χ0) is 10.4. The second-order valence-corrected chi connectivity index (χ2v) is 4.46. The van der Waals surface area contributed by atoms with Crippen LogP contribution in [0.25, 0.3) is 0 Å². The van der Waals surface area contributed by atoms with E-state index in [0.29, 0.717) is 0 Å². The Kier molecular flexibility index (Phi) is 4.63. The molecule has 0 aromatic rings. The van der Waals surface area contributed by atoms with Gasteiger partial charge in [-0.25, -0.2) is 0 Å². The second kappa shape index (κ2) is 5.52. The van der Waals surface area contributed by atoms with Gasteiger partial charge in [-0.05, 0) is 25.7 Å². The summed E-state index contributed by atoms with van der Waals surface area (Å²) < 4.78 is 0. The van der Waals surface area contributed by atoms with E-state index in [-0.39, 0.29) is 18.1 Å². The van der Waals surface area contributed by atoms with Gasteiger partial charge in [0.2, 0.25) is 0 Å². The molecular formula is C12H22O2. The Morgan fingerprint density at radius 3 is 2.79 bits per heavy atom. The van der Waals surface area contributed by atoms with Crippen LogP contribution in [0, 0.1) is 5.41 Å². The summed E-state index contributed by atoms with van der Waals surface area (Å²) in [5, 5.41) is 19.5. The van der Waals surface area contributed by atoms with Crippen molar-refractivity contribution < 1.29 is 10.2 Å². The molecule has 2 nitrogen and oxygen atoms in total. The Bertz CT molecular complexity index is 179. The summed E-state index contributed by atoms with van der Waals surface area (Å²) in [6.07, 6.45) is 8.52. The molecule has 0 radical (unpaired) electrons. The van der Waals surface area contributed by atoms with Crippen molar-refractivity contribution in [3.63, 3.8) is 0 Å². The molecule has 1 fully saturated rings. The third-order valence-corrected chi connectivity index (χ3v) is 3.52. The number of hydrogen-bond donors (Lipinski definition) is 2. The molecule has 0 aromatic heterocycles. The molecule has 82 valence electrons. The Labute approximate surface area is 86.6 Å². The molecule has 0 aliphatic heterocycles. The van der Waals surface area contributed by atoms with E-state index in [9.17, 15) is 10.2 Å². The van der Waals surface area contributed by atoms with E-state index in [1.54, 1.807) is 0 Å². The van der Waals surface area contributed by atoms with E-state index in [4.69, 9.17) is 0 Å². The first-order valence-corrected chi connectivity index (χ1v) is 5.65. The van der Waals surface area contributed by atoms with Crippen LogP contribution in [-0.4, -0.2) is 22.9 Å². The summed E-state index contributed by atoms with van der Waals surface area (Å²) in [4.78, 5) is 0. The van der Waals surface area contributed by atoms with Crippen LogP contribution >= 0.6 is 0 Å². The molecule has 2 N–H and O–H groups in total. The van der Waals surface area contributed by atoms with Crippen LogP contribution < -0.4 is 0 Å². The molecule has 1 aliphatic carbocycles. The lowest BCUT2D eigenvalue weighted by Gasteiger charge is -2.35. The minimum absolute atomic E-state index is 0.113. The van der Waals surface area contributed by atoms with Gasteiger partial charge in [0.05, 0.1) is 12.7 Å². The van der Waals surface area contributed by atoms with Gasteiger partial charge in [0.1, 0.15) is 0 Å². The molecule has 0 unspecified atom stereocenters. The van der Waals surface area contributed by atoms with Crippen molar-refractivity contribution in [3.05, 3.63) is 12.7 Å². The first-order chi connectivity index (χ1) is 6.75. The average Bonchev–Trinajstić information content (AvgIpc) is 2.39. The molecule has 2 heteroatoms. The highest BCUT2D eigenvalue weighted by Gasteiger charge is 2.37. The van der Waals surface area contributed by atoms with Gasteiger partial charge in [0, 0.05) is 5.41 Å². The topological polar surface area (TPSA) is 40.5 Å². The summed E-state index contributed by atoms with van der Waals surface area (Å²) in [7, 11) is 0. The molecule has 14 heavy (non-hydrogen) atoms. The zero-order valence-electron chi connectivity index (χ0n) is 8.91. The maximum Gasteiger partial charge on any atom is 0.0618 e. The molecule has 0 heterocycles. The lowest BCUT2D eigenvalue weighted by Crippen LogP contribution is -2.37. The predicted molar refractivity (Wildman–Crippen MR) is 58.0 cm³/mol. The second-order valence-electron chi connectivity index (χ2n) is 4.46. The SMILES string of the molecule is C=CCC[C@@]1(CO)CCCCC[C@@H]1O. The fourth-order valence-electron chi connectivity index (χ4n) is 2.41. The van der Waals surface area contributed by atoms with Crippen LogP contribution in [0.15, 0.2) is 12.7 Å². The first-order valence-electron chi connectivity index (χ1n) is 5.65. The summed E-state index contributed by atoms with van der Waals surface area (Å²) in [6.45, 7) is 3.81. The smallest absolute Gasteiger partial charge is 0.0618 e. The summed E-state index contributed by atoms with van der Waals surface area (Å²) in [6, 6.07) is 0. The monoisotopic (exact) mass is 198 g/mol. The Morgan fingerprint density at radius 1 is 1.36 bits per heavy atom. The minimum Gasteiger partial charge on any atom is -0.396 e. The van der Waals surface area contributed by atoms with Crippen LogP contribution in [0.3, 0.4) is 0 Å². The van der Waals surface area contributed by atoms with Gasteiger partial charge in [-0.1, -0.05) is 25.3 Å². The summed E-state index contributed by atoms with van der Waals surface area (Å²) in [5.74, 6) is 0. The molecular weight excluding hydrogens is 176 g/mol. The molecule has 0 amide bonds. The van der Waals surface area contributed by atoms with Crippen molar-refractivity contribution in [1.82, 2.24) is 0 Å². The van der Waals surface area contributed by atoms with Crippen LogP contribution in [0.5, 0.6) is 0 Å². The molecule has 1 rings (SSSR count). The Hall–Kier alpha value is -0.340. The minimum atomic E-state index is -0.324. The van der Waals surface area contributed by atoms with E-state index >= 15 is 0 Å². The van der Waals surface area contributed by atoms with E-state index in [1.807, 2.05) is 6.08 Å². The molecule has 2 atom stereocenters. The predicted octanol–water partition coefficient (Wildman–Crippen LogP) is 2.26. The van der Waals surface area contributed by atoms with E-state index < -0.39 is 0 Å². The Morgan fingerprint density at radius 2 is 2.14 bits per heavy atom. The van der Waals surface area contributed by atoms with Crippen LogP contribution in [0.2, 0.25) is 0 Å². The van der Waals surface area contributed by atoms with Crippen molar-refractivity contribution in [1.29, 1.82) is 0 Å². The van der Waals surface area contributed by atoms with Gasteiger partial charge >= 0.3 is 0 Å². The number of aliphatic hydroxyl groups is 2. The maximum absolute atomic E-state index is 10.0. The highest BCUT2D eigenvalue weighted by atomic mass is 16.3. The average molecular weight is 198 g/mol. The lowest BCUT2D eigenvalue weighted by molar-refractivity contribution is -0.0279. The molecule has 0 saturated heterocycles. The fraction of sp³-hybridized carbons (Fsp3) is 0.833. The summed E-state index contributed by atoms with van der Waals surface area (Å²) in [5.41, 5.74) is -0.245. The molecule has 0 aromatic carbocycles. The van der Waals surface area contributed by atoms with Gasteiger partial charge in [-0.15, -0.1) is 6.58 Å². The molecule has 1 aliphatic rings. The highest BCUT2D eigenvalue weighted by molar-refractivity contribution is 4.89.